The number of carbonyl (C=O) groups excluding carboxylic acids is 4. The monoisotopic (exact) mass is 942 g/mol. The van der Waals surface area contributed by atoms with E-state index in [9.17, 15) is 19.2 Å². The molecule has 0 saturated heterocycles. The van der Waals surface area contributed by atoms with Crippen molar-refractivity contribution in [2.75, 3.05) is 24.9 Å². The summed E-state index contributed by atoms with van der Waals surface area (Å²) in [5.74, 6) is -0.790. The molecule has 2 amide bonds. The molecule has 0 aliphatic heterocycles. The zero-order valence-corrected chi connectivity index (χ0v) is 37.6. The van der Waals surface area contributed by atoms with Crippen LogP contribution in [-0.2, 0) is 28.7 Å². The van der Waals surface area contributed by atoms with E-state index in [0.717, 1.165) is 5.56 Å². The molecule has 4 aromatic heterocycles. The van der Waals surface area contributed by atoms with Crippen molar-refractivity contribution in [1.29, 1.82) is 0 Å². The summed E-state index contributed by atoms with van der Waals surface area (Å²) in [6.07, 6.45) is 21.9. The fourth-order valence-electron chi connectivity index (χ4n) is 5.51. The minimum Gasteiger partial charge on any atom is -0.469 e. The number of nitrogens with one attached hydrogen (secondary N) is 2. The second kappa shape index (κ2) is 28.1. The molecule has 16 heteroatoms. The summed E-state index contributed by atoms with van der Waals surface area (Å²) < 4.78 is 15.8. The molecule has 0 atom stereocenters. The first-order chi connectivity index (χ1) is 27.1. The quantitative estimate of drug-likeness (QED) is 0.0690. The smallest absolute Gasteiger partial charge is 0.306 e. The Morgan fingerprint density at radius 2 is 1.12 bits per heavy atom. The van der Waals surface area contributed by atoms with Crippen molar-refractivity contribution < 1.29 is 28.7 Å². The van der Waals surface area contributed by atoms with Crippen molar-refractivity contribution in [2.24, 2.45) is 0 Å². The van der Waals surface area contributed by atoms with Gasteiger partial charge in [0.25, 0.3) is 0 Å². The van der Waals surface area contributed by atoms with Gasteiger partial charge in [-0.2, -0.15) is 0 Å². The Labute approximate surface area is 342 Å². The molecule has 56 heavy (non-hydrogen) atoms. The Hall–Kier alpha value is -4.38. The standard InChI is InChI=1S/C14H14N4O3.C9H10BrN3O3.C5H4N.3C4H9.Sn/c1-21-14(20)5-4-13(19)18-12-9-16-11(8-17-12)10-3-2-6-15-7-10;1-16-9(15)3-2-8(14)13-7-5-11-6(10)4-12-7;1-2-4-6-5-3-1;3*1-3-4-2;/h2-3,6-9H,4-5H2,1H3,(H,17,18,19);4-5H,2-3H2,1H3,(H,12,13,14);1-2,4-5H;3*1,3-4H2,2H3;. The number of halogens is 1. The van der Waals surface area contributed by atoms with Crippen molar-refractivity contribution in [1.82, 2.24) is 29.9 Å². The van der Waals surface area contributed by atoms with Gasteiger partial charge in [-0.25, -0.2) is 15.0 Å². The third kappa shape index (κ3) is 19.0. The van der Waals surface area contributed by atoms with Gasteiger partial charge in [-0.1, -0.05) is 0 Å². The van der Waals surface area contributed by atoms with Gasteiger partial charge < -0.3 is 20.1 Å². The maximum absolute atomic E-state index is 11.6. The summed E-state index contributed by atoms with van der Waals surface area (Å²) >= 11 is 0.965. The van der Waals surface area contributed by atoms with Crippen LogP contribution in [0.25, 0.3) is 11.3 Å². The molecule has 14 nitrogen and oxygen atoms in total. The van der Waals surface area contributed by atoms with Crippen LogP contribution in [0.4, 0.5) is 11.6 Å². The number of hydrogen-bond donors (Lipinski definition) is 2. The minimum absolute atomic E-state index is 0.0313. The molecule has 0 aliphatic rings. The van der Waals surface area contributed by atoms with Gasteiger partial charge in [-0.15, -0.1) is 0 Å². The summed E-state index contributed by atoms with van der Waals surface area (Å²) in [5.41, 5.74) is 1.50. The minimum atomic E-state index is -2.16. The molecular formula is C40H55BrN8O6Sn. The molecule has 0 saturated carbocycles. The average Bonchev–Trinajstić information content (AvgIpc) is 3.24. The summed E-state index contributed by atoms with van der Waals surface area (Å²) in [6.45, 7) is 7.00. The van der Waals surface area contributed by atoms with Crippen molar-refractivity contribution in [3.63, 3.8) is 0 Å². The van der Waals surface area contributed by atoms with E-state index < -0.39 is 30.3 Å². The number of pyridine rings is 2. The van der Waals surface area contributed by atoms with Crippen LogP contribution in [0.15, 0.2) is 78.4 Å². The zero-order chi connectivity index (χ0) is 41.0. The van der Waals surface area contributed by atoms with Crippen molar-refractivity contribution in [3.8, 4) is 11.3 Å². The number of esters is 2. The fraction of sp³-hybridized carbons (Fsp3) is 0.450. The van der Waals surface area contributed by atoms with Crippen LogP contribution in [0.1, 0.15) is 85.0 Å². The third-order valence-electron chi connectivity index (χ3n) is 8.63. The van der Waals surface area contributed by atoms with Crippen LogP contribution in [-0.4, -0.2) is 86.3 Å². The Morgan fingerprint density at radius 1 is 0.625 bits per heavy atom. The van der Waals surface area contributed by atoms with Crippen LogP contribution in [0, 0.1) is 0 Å². The average molecular weight is 943 g/mol. The molecule has 0 radical (unpaired) electrons. The van der Waals surface area contributed by atoms with Gasteiger partial charge in [0, 0.05) is 30.8 Å². The summed E-state index contributed by atoms with van der Waals surface area (Å²) in [4.78, 5) is 69.2. The second-order valence-corrected chi connectivity index (χ2v) is 26.9. The molecule has 0 spiro atoms. The van der Waals surface area contributed by atoms with Gasteiger partial charge >= 0.3 is 136 Å². The molecule has 4 heterocycles. The van der Waals surface area contributed by atoms with E-state index in [1.807, 2.05) is 12.3 Å². The van der Waals surface area contributed by atoms with Crippen molar-refractivity contribution >= 4 is 73.3 Å². The Bertz CT molecular complexity index is 1700. The predicted octanol–water partition coefficient (Wildman–Crippen LogP) is 7.70. The van der Waals surface area contributed by atoms with E-state index >= 15 is 0 Å². The molecule has 4 aromatic rings. The van der Waals surface area contributed by atoms with E-state index in [1.54, 1.807) is 28.2 Å². The number of aromatic nitrogens is 6. The van der Waals surface area contributed by atoms with Crippen molar-refractivity contribution in [3.05, 3.63) is 78.4 Å². The maximum Gasteiger partial charge on any atom is 0.306 e. The van der Waals surface area contributed by atoms with Crippen LogP contribution in [0.3, 0.4) is 0 Å². The number of anilines is 2. The summed E-state index contributed by atoms with van der Waals surface area (Å²) in [6, 6.07) is 8.22. The van der Waals surface area contributed by atoms with Gasteiger partial charge in [-0.3, -0.25) is 29.1 Å². The normalized spacial score (nSPS) is 10.5. The molecule has 302 valence electrons. The number of carbonyl (C=O) groups is 4. The second-order valence-electron chi connectivity index (χ2n) is 12.8. The SMILES string of the molecule is CCC[CH2][Sn]([CH2]CCC)([CH2]CCC)[c]1cccnc1.COC(=O)CCC(=O)Nc1cnc(-c2cccnc2)cn1.COC(=O)CCC(=O)Nc1cnc(Br)cn1. The number of ether oxygens (including phenoxy) is 2. The van der Waals surface area contributed by atoms with E-state index in [1.165, 1.54) is 84.6 Å². The molecular weight excluding hydrogens is 887 g/mol. The first-order valence-corrected chi connectivity index (χ1v) is 27.2. The van der Waals surface area contributed by atoms with Crippen LogP contribution < -0.4 is 14.2 Å². The third-order valence-corrected chi connectivity index (χ3v) is 24.6. The van der Waals surface area contributed by atoms with Crippen LogP contribution in [0.2, 0.25) is 13.3 Å². The molecule has 0 fully saturated rings. The maximum atomic E-state index is 11.6. The number of rotatable bonds is 19. The van der Waals surface area contributed by atoms with Crippen LogP contribution >= 0.6 is 15.9 Å². The van der Waals surface area contributed by atoms with Gasteiger partial charge in [0.1, 0.15) is 4.60 Å². The molecule has 0 bridgehead atoms. The Morgan fingerprint density at radius 3 is 1.52 bits per heavy atom. The van der Waals surface area contributed by atoms with Gasteiger partial charge in [-0.05, 0) is 28.1 Å². The molecule has 0 aliphatic carbocycles. The molecule has 0 aromatic carbocycles. The zero-order valence-electron chi connectivity index (χ0n) is 33.1. The van der Waals surface area contributed by atoms with Gasteiger partial charge in [0.05, 0.1) is 57.5 Å². The fourth-order valence-corrected chi connectivity index (χ4v) is 21.4. The van der Waals surface area contributed by atoms with Gasteiger partial charge in [0.2, 0.25) is 11.8 Å². The predicted molar refractivity (Wildman–Crippen MR) is 224 cm³/mol. The van der Waals surface area contributed by atoms with E-state index in [4.69, 9.17) is 0 Å². The van der Waals surface area contributed by atoms with Gasteiger partial charge in [0.15, 0.2) is 11.6 Å². The summed E-state index contributed by atoms with van der Waals surface area (Å²) in [5, 5.41) is 5.07. The number of amides is 2. The summed E-state index contributed by atoms with van der Waals surface area (Å²) in [7, 11) is 2.56. The van der Waals surface area contributed by atoms with E-state index in [-0.39, 0.29) is 37.5 Å². The van der Waals surface area contributed by atoms with Crippen LogP contribution in [0.5, 0.6) is 0 Å². The Kier molecular flexibility index (Phi) is 24.0. The topological polar surface area (TPSA) is 188 Å². The number of nitrogens with zero attached hydrogens (tertiary/aromatic N) is 6. The van der Waals surface area contributed by atoms with Crippen molar-refractivity contribution in [2.45, 2.75) is 98.3 Å². The van der Waals surface area contributed by atoms with E-state index in [2.05, 4.69) is 105 Å². The molecule has 2 N–H and O–H groups in total. The molecule has 4 rings (SSSR count). The first-order valence-electron chi connectivity index (χ1n) is 18.9. The molecule has 0 unspecified atom stereocenters. The first kappa shape index (κ1) is 47.8. The van der Waals surface area contributed by atoms with E-state index in [0.29, 0.717) is 21.9 Å². The number of unbranched alkanes of at least 4 members (excludes halogenated alkanes) is 3. The number of methoxy groups -OCH3 is 2. The Balaban J connectivity index is 0.000000293. The largest absolute Gasteiger partial charge is 0.469 e. The number of hydrogen-bond acceptors (Lipinski definition) is 12.